The van der Waals surface area contributed by atoms with Gasteiger partial charge in [-0.15, -0.1) is 0 Å². The highest BCUT2D eigenvalue weighted by Gasteiger charge is 2.29. The summed E-state index contributed by atoms with van der Waals surface area (Å²) in [5.41, 5.74) is 2.58. The normalized spacial score (nSPS) is 19.8. The number of benzene rings is 2. The quantitative estimate of drug-likeness (QED) is 0.865. The second kappa shape index (κ2) is 8.83. The van der Waals surface area contributed by atoms with Crippen molar-refractivity contribution in [2.24, 2.45) is 0 Å². The van der Waals surface area contributed by atoms with Gasteiger partial charge in [-0.25, -0.2) is 0 Å². The van der Waals surface area contributed by atoms with Crippen LogP contribution in [0.25, 0.3) is 0 Å². The Balaban J connectivity index is 1.66. The molecule has 0 unspecified atom stereocenters. The van der Waals surface area contributed by atoms with Gasteiger partial charge in [-0.1, -0.05) is 42.5 Å². The summed E-state index contributed by atoms with van der Waals surface area (Å²) in [6, 6.07) is 15.5. The van der Waals surface area contributed by atoms with Crippen molar-refractivity contribution in [1.29, 1.82) is 0 Å². The van der Waals surface area contributed by atoms with Gasteiger partial charge in [0.25, 0.3) is 5.91 Å². The first-order valence-electron chi connectivity index (χ1n) is 8.86. The smallest absolute Gasteiger partial charge is 0.255 e. The van der Waals surface area contributed by atoms with Crippen LogP contribution in [0.2, 0.25) is 0 Å². The first-order chi connectivity index (χ1) is 12.7. The molecule has 1 aliphatic heterocycles. The van der Waals surface area contributed by atoms with Crippen molar-refractivity contribution in [3.05, 3.63) is 65.2 Å². The molecular weight excluding hydrogens is 330 g/mol. The molecule has 1 N–H and O–H groups in total. The maximum absolute atomic E-state index is 12.8. The molecule has 0 bridgehead atoms. The Morgan fingerprint density at radius 3 is 2.77 bits per heavy atom. The minimum Gasteiger partial charge on any atom is -0.496 e. The third-order valence-corrected chi connectivity index (χ3v) is 4.59. The number of amides is 1. The second-order valence-corrected chi connectivity index (χ2v) is 6.43. The van der Waals surface area contributed by atoms with Crippen LogP contribution in [0, 0.1) is 6.92 Å². The lowest BCUT2D eigenvalue weighted by atomic mass is 10.0. The summed E-state index contributed by atoms with van der Waals surface area (Å²) in [5, 5.41) is 3.10. The topological polar surface area (TPSA) is 56.8 Å². The first kappa shape index (κ1) is 18.4. The van der Waals surface area contributed by atoms with Gasteiger partial charge in [0, 0.05) is 6.61 Å². The number of carbonyl (C=O) groups is 1. The van der Waals surface area contributed by atoms with Crippen LogP contribution in [0.15, 0.2) is 48.5 Å². The summed E-state index contributed by atoms with van der Waals surface area (Å²) in [7, 11) is 1.58. The monoisotopic (exact) mass is 355 g/mol. The van der Waals surface area contributed by atoms with E-state index < -0.39 is 0 Å². The van der Waals surface area contributed by atoms with E-state index in [0.717, 1.165) is 17.5 Å². The molecule has 26 heavy (non-hydrogen) atoms. The predicted octanol–water partition coefficient (Wildman–Crippen LogP) is 3.11. The lowest BCUT2D eigenvalue weighted by molar-refractivity contribution is -0.0736. The maximum Gasteiger partial charge on any atom is 0.255 e. The Labute approximate surface area is 154 Å². The molecule has 3 rings (SSSR count). The molecule has 0 aromatic heterocycles. The molecule has 2 aromatic carbocycles. The van der Waals surface area contributed by atoms with Crippen LogP contribution in [-0.2, 0) is 16.1 Å². The van der Waals surface area contributed by atoms with Gasteiger partial charge in [0.2, 0.25) is 0 Å². The molecule has 1 aliphatic rings. The third kappa shape index (κ3) is 4.42. The molecule has 1 saturated heterocycles. The molecule has 2 atom stereocenters. The van der Waals surface area contributed by atoms with Gasteiger partial charge < -0.3 is 19.5 Å². The Morgan fingerprint density at radius 2 is 2.00 bits per heavy atom. The zero-order valence-electron chi connectivity index (χ0n) is 15.2. The molecule has 0 saturated carbocycles. The Kier molecular flexibility index (Phi) is 6.26. The maximum atomic E-state index is 12.8. The molecule has 1 amide bonds. The lowest BCUT2D eigenvalue weighted by Crippen LogP contribution is -2.50. The summed E-state index contributed by atoms with van der Waals surface area (Å²) < 4.78 is 17.0. The van der Waals surface area contributed by atoms with Crippen LogP contribution >= 0.6 is 0 Å². The Bertz CT molecular complexity index is 732. The summed E-state index contributed by atoms with van der Waals surface area (Å²) in [6.07, 6.45) is 0.544. The predicted molar refractivity (Wildman–Crippen MR) is 99.4 cm³/mol. The summed E-state index contributed by atoms with van der Waals surface area (Å²) in [6.45, 7) is 3.51. The van der Waals surface area contributed by atoms with Crippen LogP contribution in [0.5, 0.6) is 5.75 Å². The fourth-order valence-electron chi connectivity index (χ4n) is 3.17. The van der Waals surface area contributed by atoms with Crippen LogP contribution < -0.4 is 10.1 Å². The van der Waals surface area contributed by atoms with E-state index in [0.29, 0.717) is 31.1 Å². The molecule has 0 aliphatic carbocycles. The van der Waals surface area contributed by atoms with Crippen molar-refractivity contribution < 1.29 is 19.0 Å². The second-order valence-electron chi connectivity index (χ2n) is 6.43. The van der Waals surface area contributed by atoms with Gasteiger partial charge in [-0.2, -0.15) is 0 Å². The van der Waals surface area contributed by atoms with E-state index in [9.17, 15) is 4.79 Å². The number of nitrogens with one attached hydrogen (secondary N) is 1. The molecule has 0 spiro atoms. The molecule has 1 fully saturated rings. The number of aryl methyl sites for hydroxylation is 1. The standard InChI is InChI=1S/C21H25NO4/c1-15-7-6-10-17(20(15)24-2)21(23)22-18-11-12-25-14-19(18)26-13-16-8-4-3-5-9-16/h3-10,18-19H,11-14H2,1-2H3,(H,22,23)/t18-,19-/m1/s1. The highest BCUT2D eigenvalue weighted by molar-refractivity contribution is 5.97. The zero-order valence-corrected chi connectivity index (χ0v) is 15.2. The molecule has 1 heterocycles. The van der Waals surface area contributed by atoms with E-state index in [1.807, 2.05) is 49.4 Å². The van der Waals surface area contributed by atoms with Gasteiger partial charge in [0.15, 0.2) is 0 Å². The number of methoxy groups -OCH3 is 1. The number of para-hydroxylation sites is 1. The van der Waals surface area contributed by atoms with Gasteiger partial charge in [-0.05, 0) is 30.5 Å². The average Bonchev–Trinajstić information content (AvgIpc) is 2.68. The minimum atomic E-state index is -0.177. The SMILES string of the molecule is COc1c(C)cccc1C(=O)N[C@@H]1CCOC[C@H]1OCc1ccccc1. The fourth-order valence-corrected chi connectivity index (χ4v) is 3.17. The van der Waals surface area contributed by atoms with Gasteiger partial charge in [-0.3, -0.25) is 4.79 Å². The van der Waals surface area contributed by atoms with Crippen molar-refractivity contribution in [2.75, 3.05) is 20.3 Å². The average molecular weight is 355 g/mol. The van der Waals surface area contributed by atoms with Crippen molar-refractivity contribution in [3.63, 3.8) is 0 Å². The van der Waals surface area contributed by atoms with E-state index in [4.69, 9.17) is 14.2 Å². The first-order valence-corrected chi connectivity index (χ1v) is 8.86. The number of rotatable bonds is 6. The highest BCUT2D eigenvalue weighted by Crippen LogP contribution is 2.23. The number of ether oxygens (including phenoxy) is 3. The van der Waals surface area contributed by atoms with Crippen molar-refractivity contribution >= 4 is 5.91 Å². The lowest BCUT2D eigenvalue weighted by Gasteiger charge is -2.32. The minimum absolute atomic E-state index is 0.0924. The largest absolute Gasteiger partial charge is 0.496 e. The number of hydrogen-bond donors (Lipinski definition) is 1. The van der Waals surface area contributed by atoms with Crippen LogP contribution in [0.1, 0.15) is 27.9 Å². The third-order valence-electron chi connectivity index (χ3n) is 4.59. The highest BCUT2D eigenvalue weighted by atomic mass is 16.5. The summed E-state index contributed by atoms with van der Waals surface area (Å²) in [5.74, 6) is 0.463. The van der Waals surface area contributed by atoms with Crippen LogP contribution in [0.4, 0.5) is 0 Å². The molecule has 2 aromatic rings. The molecule has 138 valence electrons. The van der Waals surface area contributed by atoms with Crippen molar-refractivity contribution in [3.8, 4) is 5.75 Å². The van der Waals surface area contributed by atoms with E-state index in [2.05, 4.69) is 5.32 Å². The van der Waals surface area contributed by atoms with E-state index in [1.54, 1.807) is 13.2 Å². The molecule has 5 heteroatoms. The van der Waals surface area contributed by atoms with Crippen molar-refractivity contribution in [1.82, 2.24) is 5.32 Å². The Hall–Kier alpha value is -2.37. The van der Waals surface area contributed by atoms with Gasteiger partial charge in [0.1, 0.15) is 11.9 Å². The summed E-state index contributed by atoms with van der Waals surface area (Å²) >= 11 is 0. The molecule has 5 nitrogen and oxygen atoms in total. The molecular formula is C21H25NO4. The number of hydrogen-bond acceptors (Lipinski definition) is 4. The van der Waals surface area contributed by atoms with Gasteiger partial charge >= 0.3 is 0 Å². The van der Waals surface area contributed by atoms with Gasteiger partial charge in [0.05, 0.1) is 31.9 Å². The molecule has 0 radical (unpaired) electrons. The Morgan fingerprint density at radius 1 is 1.19 bits per heavy atom. The van der Waals surface area contributed by atoms with Crippen molar-refractivity contribution in [2.45, 2.75) is 32.1 Å². The van der Waals surface area contributed by atoms with Crippen LogP contribution in [-0.4, -0.2) is 38.4 Å². The summed E-state index contributed by atoms with van der Waals surface area (Å²) in [4.78, 5) is 12.8. The fraction of sp³-hybridized carbons (Fsp3) is 0.381. The van der Waals surface area contributed by atoms with E-state index in [1.165, 1.54) is 0 Å². The number of carbonyl (C=O) groups excluding carboxylic acids is 1. The van der Waals surface area contributed by atoms with E-state index in [-0.39, 0.29) is 18.1 Å². The van der Waals surface area contributed by atoms with Crippen LogP contribution in [0.3, 0.4) is 0 Å². The zero-order chi connectivity index (χ0) is 18.4. The van der Waals surface area contributed by atoms with E-state index >= 15 is 0 Å².